The summed E-state index contributed by atoms with van der Waals surface area (Å²) in [7, 11) is -3.58. The lowest BCUT2D eigenvalue weighted by atomic mass is 9.71. The van der Waals surface area contributed by atoms with Gasteiger partial charge in [0.1, 0.15) is 0 Å². The number of carbonyl (C=O) groups excluding carboxylic acids is 1. The van der Waals surface area contributed by atoms with Crippen LogP contribution in [0.5, 0.6) is 0 Å². The summed E-state index contributed by atoms with van der Waals surface area (Å²) in [5.74, 6) is -0.0901. The van der Waals surface area contributed by atoms with Crippen molar-refractivity contribution in [2.24, 2.45) is 5.41 Å². The van der Waals surface area contributed by atoms with Gasteiger partial charge in [0.25, 0.3) is 5.91 Å². The number of hydrogen-bond acceptors (Lipinski definition) is 5. The lowest BCUT2D eigenvalue weighted by Crippen LogP contribution is -2.48. The largest absolute Gasteiger partial charge is 0.371 e. The van der Waals surface area contributed by atoms with Crippen LogP contribution in [0.2, 0.25) is 5.02 Å². The number of nitrogens with one attached hydrogen (secondary N) is 1. The molecule has 1 aromatic heterocycles. The van der Waals surface area contributed by atoms with Crippen LogP contribution < -0.4 is 9.62 Å². The molecule has 0 bridgehead atoms. The SMILES string of the molecule is O=C(c1ccc2c(c1)C(NS(=O)(=O)Cc1cccc(Cl)c1)CC2)N1CCC2(CC1)CCN(c1ccncc1)CC2. The lowest BCUT2D eigenvalue weighted by Gasteiger charge is -2.47. The monoisotopic (exact) mass is 578 g/mol. The fraction of sp³-hybridized carbons (Fsp3) is 0.419. The number of benzene rings is 2. The number of amides is 1. The molecule has 1 spiro atoms. The highest BCUT2D eigenvalue weighted by Crippen LogP contribution is 2.42. The van der Waals surface area contributed by atoms with Crippen molar-refractivity contribution in [3.05, 3.63) is 94.3 Å². The van der Waals surface area contributed by atoms with Crippen molar-refractivity contribution < 1.29 is 13.2 Å². The summed E-state index contributed by atoms with van der Waals surface area (Å²) >= 11 is 6.04. The molecule has 2 aliphatic heterocycles. The molecule has 210 valence electrons. The van der Waals surface area contributed by atoms with Gasteiger partial charge in [-0.15, -0.1) is 0 Å². The van der Waals surface area contributed by atoms with Crippen molar-refractivity contribution in [3.63, 3.8) is 0 Å². The van der Waals surface area contributed by atoms with E-state index in [2.05, 4.69) is 26.7 Å². The number of nitrogens with zero attached hydrogens (tertiary/aromatic N) is 3. The molecule has 2 saturated heterocycles. The van der Waals surface area contributed by atoms with E-state index in [-0.39, 0.29) is 17.7 Å². The third-order valence-corrected chi connectivity index (χ3v) is 10.6. The Labute approximate surface area is 241 Å². The normalized spacial score (nSPS) is 20.5. The topological polar surface area (TPSA) is 82.6 Å². The number of piperidine rings is 2. The van der Waals surface area contributed by atoms with Crippen LogP contribution in [0.4, 0.5) is 5.69 Å². The quantitative estimate of drug-likeness (QED) is 0.425. The van der Waals surface area contributed by atoms with Crippen LogP contribution in [-0.4, -0.2) is 50.4 Å². The molecule has 3 aliphatic rings. The van der Waals surface area contributed by atoms with E-state index in [1.165, 1.54) is 5.69 Å². The highest BCUT2D eigenvalue weighted by Gasteiger charge is 2.39. The minimum absolute atomic E-state index is 0.0410. The Morgan fingerprint density at radius 3 is 2.42 bits per heavy atom. The Kier molecular flexibility index (Phi) is 7.59. The summed E-state index contributed by atoms with van der Waals surface area (Å²) in [5.41, 5.74) is 4.85. The van der Waals surface area contributed by atoms with E-state index >= 15 is 0 Å². The third kappa shape index (κ3) is 5.90. The molecule has 7 nitrogen and oxygen atoms in total. The van der Waals surface area contributed by atoms with Gasteiger partial charge in [0.05, 0.1) is 5.75 Å². The van der Waals surface area contributed by atoms with Crippen LogP contribution >= 0.6 is 11.6 Å². The van der Waals surface area contributed by atoms with Crippen LogP contribution in [-0.2, 0) is 22.2 Å². The fourth-order valence-corrected chi connectivity index (χ4v) is 8.22. The maximum Gasteiger partial charge on any atom is 0.253 e. The Hall–Kier alpha value is -2.94. The molecule has 40 heavy (non-hydrogen) atoms. The maximum atomic E-state index is 13.5. The number of hydrogen-bond donors (Lipinski definition) is 1. The molecular weight excluding hydrogens is 544 g/mol. The molecular formula is C31H35ClN4O3S. The molecule has 6 rings (SSSR count). The number of fused-ring (bicyclic) bond motifs is 1. The zero-order chi connectivity index (χ0) is 27.7. The minimum Gasteiger partial charge on any atom is -0.371 e. The van der Waals surface area contributed by atoms with Crippen molar-refractivity contribution in [3.8, 4) is 0 Å². The van der Waals surface area contributed by atoms with Gasteiger partial charge in [-0.05, 0) is 97.0 Å². The number of pyridine rings is 1. The van der Waals surface area contributed by atoms with Crippen LogP contribution in [0.25, 0.3) is 0 Å². The van der Waals surface area contributed by atoms with Crippen molar-refractivity contribution in [1.29, 1.82) is 0 Å². The fourth-order valence-electron chi connectivity index (χ4n) is 6.62. The maximum absolute atomic E-state index is 13.5. The first kappa shape index (κ1) is 27.2. The molecule has 3 aromatic rings. The second-order valence-corrected chi connectivity index (χ2v) is 13.7. The number of anilines is 1. The zero-order valence-electron chi connectivity index (χ0n) is 22.6. The van der Waals surface area contributed by atoms with Crippen LogP contribution in [0.1, 0.15) is 65.2 Å². The van der Waals surface area contributed by atoms with E-state index in [9.17, 15) is 13.2 Å². The van der Waals surface area contributed by atoms with E-state index < -0.39 is 10.0 Å². The second-order valence-electron chi connectivity index (χ2n) is 11.5. The van der Waals surface area contributed by atoms with Gasteiger partial charge in [-0.1, -0.05) is 29.8 Å². The molecule has 2 fully saturated rings. The van der Waals surface area contributed by atoms with E-state index in [1.807, 2.05) is 35.5 Å². The molecule has 9 heteroatoms. The molecule has 1 aliphatic carbocycles. The first-order chi connectivity index (χ1) is 19.3. The average molecular weight is 579 g/mol. The third-order valence-electron chi connectivity index (χ3n) is 9.00. The van der Waals surface area contributed by atoms with E-state index in [0.717, 1.165) is 69.4 Å². The number of carbonyl (C=O) groups is 1. The van der Waals surface area contributed by atoms with Crippen LogP contribution in [0.15, 0.2) is 67.0 Å². The van der Waals surface area contributed by atoms with Gasteiger partial charge < -0.3 is 9.80 Å². The van der Waals surface area contributed by atoms with E-state index in [1.54, 1.807) is 24.3 Å². The number of aryl methyl sites for hydroxylation is 1. The summed E-state index contributed by atoms with van der Waals surface area (Å²) in [5, 5.41) is 0.515. The Morgan fingerprint density at radius 2 is 1.70 bits per heavy atom. The number of aromatic nitrogens is 1. The highest BCUT2D eigenvalue weighted by atomic mass is 35.5. The van der Waals surface area contributed by atoms with Crippen molar-refractivity contribution >= 4 is 33.2 Å². The van der Waals surface area contributed by atoms with Gasteiger partial charge in [-0.3, -0.25) is 9.78 Å². The standard InChI is InChI=1S/C31H35ClN4O3S/c32-26-3-1-2-23(20-26)22-40(38,39)34-29-7-6-24-4-5-25(21-28(24)29)30(37)36-18-12-31(13-19-36)10-16-35(17-11-31)27-8-14-33-15-9-27/h1-5,8-9,14-15,20-21,29,34H,6-7,10-13,16-19,22H2. The molecule has 1 amide bonds. The lowest BCUT2D eigenvalue weighted by molar-refractivity contribution is 0.0515. The molecule has 2 aromatic carbocycles. The summed E-state index contributed by atoms with van der Waals surface area (Å²) in [6.07, 6.45) is 9.52. The summed E-state index contributed by atoms with van der Waals surface area (Å²) in [4.78, 5) is 22.1. The molecule has 0 saturated carbocycles. The molecule has 3 heterocycles. The van der Waals surface area contributed by atoms with Crippen molar-refractivity contribution in [2.75, 3.05) is 31.1 Å². The van der Waals surface area contributed by atoms with Gasteiger partial charge in [0, 0.05) is 60.9 Å². The predicted molar refractivity (Wildman–Crippen MR) is 158 cm³/mol. The van der Waals surface area contributed by atoms with Crippen molar-refractivity contribution in [1.82, 2.24) is 14.6 Å². The minimum atomic E-state index is -3.58. The molecule has 1 atom stereocenters. The van der Waals surface area contributed by atoms with Gasteiger partial charge in [0.2, 0.25) is 10.0 Å². The second kappa shape index (κ2) is 11.1. The summed E-state index contributed by atoms with van der Waals surface area (Å²) in [6.45, 7) is 3.61. The average Bonchev–Trinajstić information content (AvgIpc) is 3.35. The Bertz CT molecular complexity index is 1480. The van der Waals surface area contributed by atoms with E-state index in [0.29, 0.717) is 28.0 Å². The number of likely N-dealkylation sites (tertiary alicyclic amines) is 1. The Morgan fingerprint density at radius 1 is 0.975 bits per heavy atom. The number of halogens is 1. The van der Waals surface area contributed by atoms with Gasteiger partial charge in [0.15, 0.2) is 0 Å². The number of sulfonamides is 1. The predicted octanol–water partition coefficient (Wildman–Crippen LogP) is 5.36. The summed E-state index contributed by atoms with van der Waals surface area (Å²) < 4.78 is 28.8. The number of rotatable bonds is 6. The van der Waals surface area contributed by atoms with Gasteiger partial charge >= 0.3 is 0 Å². The van der Waals surface area contributed by atoms with E-state index in [4.69, 9.17) is 11.6 Å². The van der Waals surface area contributed by atoms with Crippen LogP contribution in [0, 0.1) is 5.41 Å². The Balaban J connectivity index is 1.07. The zero-order valence-corrected chi connectivity index (χ0v) is 24.1. The van der Waals surface area contributed by atoms with Crippen molar-refractivity contribution in [2.45, 2.75) is 50.3 Å². The smallest absolute Gasteiger partial charge is 0.253 e. The summed E-state index contributed by atoms with van der Waals surface area (Å²) in [6, 6.07) is 16.5. The first-order valence-electron chi connectivity index (χ1n) is 14.1. The van der Waals surface area contributed by atoms with Gasteiger partial charge in [-0.25, -0.2) is 13.1 Å². The van der Waals surface area contributed by atoms with Gasteiger partial charge in [-0.2, -0.15) is 0 Å². The molecule has 1 N–H and O–H groups in total. The molecule has 1 unspecified atom stereocenters. The first-order valence-corrected chi connectivity index (χ1v) is 16.1. The molecule has 0 radical (unpaired) electrons. The van der Waals surface area contributed by atoms with Crippen LogP contribution in [0.3, 0.4) is 0 Å². The highest BCUT2D eigenvalue weighted by molar-refractivity contribution is 7.88.